The van der Waals surface area contributed by atoms with Crippen LogP contribution in [-0.4, -0.2) is 28.2 Å². The van der Waals surface area contributed by atoms with E-state index in [4.69, 9.17) is 4.74 Å². The van der Waals surface area contributed by atoms with E-state index in [1.165, 1.54) is 0 Å². The number of sulfonamides is 1. The summed E-state index contributed by atoms with van der Waals surface area (Å²) in [5, 5.41) is 4.16. The molecule has 0 saturated carbocycles. The molecule has 0 atom stereocenters. The number of hydrogen-bond acceptors (Lipinski definition) is 6. The van der Waals surface area contributed by atoms with E-state index in [1.54, 1.807) is 72.5 Å². The molecule has 0 fully saturated rings. The molecule has 0 bridgehead atoms. The number of nitrogens with zero attached hydrogens (tertiary/aromatic N) is 4. The molecule has 0 aliphatic heterocycles. The molecule has 2 heterocycles. The van der Waals surface area contributed by atoms with Crippen LogP contribution in [0.15, 0.2) is 78.0 Å². The maximum atomic E-state index is 12.6. The first kappa shape index (κ1) is 20.5. The van der Waals surface area contributed by atoms with Crippen molar-refractivity contribution in [2.45, 2.75) is 25.2 Å². The topological polar surface area (TPSA) is 99.0 Å². The molecule has 0 saturated heterocycles. The first-order valence-electron chi connectivity index (χ1n) is 9.68. The van der Waals surface area contributed by atoms with Crippen molar-refractivity contribution < 1.29 is 13.2 Å². The molecule has 31 heavy (non-hydrogen) atoms. The average Bonchev–Trinajstić information content (AvgIpc) is 3.30. The lowest BCUT2D eigenvalue weighted by Crippen LogP contribution is -2.12. The van der Waals surface area contributed by atoms with Gasteiger partial charge in [0.25, 0.3) is 10.0 Å². The van der Waals surface area contributed by atoms with Gasteiger partial charge in [-0.25, -0.2) is 18.1 Å². The van der Waals surface area contributed by atoms with Gasteiger partial charge in [0.15, 0.2) is 5.82 Å². The zero-order valence-electron chi connectivity index (χ0n) is 17.1. The summed E-state index contributed by atoms with van der Waals surface area (Å²) in [4.78, 5) is 8.85. The first-order chi connectivity index (χ1) is 14.9. The lowest BCUT2D eigenvalue weighted by Gasteiger charge is -2.10. The minimum atomic E-state index is -3.67. The smallest absolute Gasteiger partial charge is 0.261 e. The fourth-order valence-corrected chi connectivity index (χ4v) is 3.99. The summed E-state index contributed by atoms with van der Waals surface area (Å²) in [6.45, 7) is 3.79. The van der Waals surface area contributed by atoms with Crippen molar-refractivity contribution in [3.05, 3.63) is 84.4 Å². The molecule has 1 N–H and O–H groups in total. The summed E-state index contributed by atoms with van der Waals surface area (Å²) in [6, 6.07) is 16.9. The van der Waals surface area contributed by atoms with Crippen molar-refractivity contribution in [3.63, 3.8) is 0 Å². The van der Waals surface area contributed by atoms with Crippen molar-refractivity contribution in [3.8, 4) is 17.4 Å². The predicted octanol–water partition coefficient (Wildman–Crippen LogP) is 4.13. The van der Waals surface area contributed by atoms with Crippen LogP contribution in [0.25, 0.3) is 5.82 Å². The van der Waals surface area contributed by atoms with Gasteiger partial charge in [-0.05, 0) is 61.4 Å². The Morgan fingerprint density at radius 1 is 1.03 bits per heavy atom. The maximum Gasteiger partial charge on any atom is 0.261 e. The van der Waals surface area contributed by atoms with Gasteiger partial charge in [-0.1, -0.05) is 19.1 Å². The second-order valence-corrected chi connectivity index (χ2v) is 8.47. The monoisotopic (exact) mass is 435 g/mol. The van der Waals surface area contributed by atoms with E-state index >= 15 is 0 Å². The van der Waals surface area contributed by atoms with Gasteiger partial charge in [0.2, 0.25) is 5.88 Å². The van der Waals surface area contributed by atoms with Gasteiger partial charge in [-0.3, -0.25) is 4.72 Å². The minimum absolute atomic E-state index is 0.215. The lowest BCUT2D eigenvalue weighted by molar-refractivity contribution is 0.459. The summed E-state index contributed by atoms with van der Waals surface area (Å²) in [5.74, 6) is 2.01. The molecule has 0 aliphatic carbocycles. The van der Waals surface area contributed by atoms with Gasteiger partial charge in [0.05, 0.1) is 4.90 Å². The van der Waals surface area contributed by atoms with Crippen LogP contribution in [0.3, 0.4) is 0 Å². The summed E-state index contributed by atoms with van der Waals surface area (Å²) < 4.78 is 35.2. The van der Waals surface area contributed by atoms with Crippen molar-refractivity contribution >= 4 is 15.7 Å². The first-order valence-corrected chi connectivity index (χ1v) is 11.2. The molecule has 0 aliphatic rings. The van der Waals surface area contributed by atoms with Gasteiger partial charge in [0, 0.05) is 24.1 Å². The number of anilines is 1. The second-order valence-electron chi connectivity index (χ2n) is 6.79. The molecular formula is C22H21N5O3S. The van der Waals surface area contributed by atoms with Crippen molar-refractivity contribution in [2.24, 2.45) is 0 Å². The quantitative estimate of drug-likeness (QED) is 0.469. The Balaban J connectivity index is 1.48. The standard InChI is InChI=1S/C22H21N5O3S/c1-3-17-5-11-20(12-6-17)31(28,29)26-18-7-9-19(10-8-18)30-22-15-21(24-16(2)25-22)27-14-4-13-23-27/h4-15,26H,3H2,1-2H3. The van der Waals surface area contributed by atoms with Crippen LogP contribution in [0.2, 0.25) is 0 Å². The average molecular weight is 436 g/mol. The fourth-order valence-electron chi connectivity index (χ4n) is 2.93. The fraction of sp³-hybridized carbons (Fsp3) is 0.136. The van der Waals surface area contributed by atoms with E-state index in [0.717, 1.165) is 12.0 Å². The highest BCUT2D eigenvalue weighted by atomic mass is 32.2. The Bertz CT molecular complexity index is 1270. The SMILES string of the molecule is CCc1ccc(S(=O)(=O)Nc2ccc(Oc3cc(-n4cccn4)nc(C)n3)cc2)cc1. The van der Waals surface area contributed by atoms with Crippen molar-refractivity contribution in [2.75, 3.05) is 4.72 Å². The highest BCUT2D eigenvalue weighted by molar-refractivity contribution is 7.92. The van der Waals surface area contributed by atoms with Crippen LogP contribution in [0.5, 0.6) is 11.6 Å². The molecule has 0 unspecified atom stereocenters. The third kappa shape index (κ3) is 4.89. The Labute approximate surface area is 180 Å². The number of rotatable bonds is 7. The summed E-state index contributed by atoms with van der Waals surface area (Å²) in [5.41, 5.74) is 1.51. The van der Waals surface area contributed by atoms with E-state index in [1.807, 2.05) is 19.1 Å². The lowest BCUT2D eigenvalue weighted by atomic mass is 10.2. The van der Waals surface area contributed by atoms with Crippen LogP contribution < -0.4 is 9.46 Å². The van der Waals surface area contributed by atoms with Crippen LogP contribution in [0.1, 0.15) is 18.3 Å². The zero-order chi connectivity index (χ0) is 21.8. The van der Waals surface area contributed by atoms with E-state index in [2.05, 4.69) is 19.8 Å². The van der Waals surface area contributed by atoms with E-state index < -0.39 is 10.0 Å². The zero-order valence-corrected chi connectivity index (χ0v) is 17.9. The van der Waals surface area contributed by atoms with E-state index in [9.17, 15) is 8.42 Å². The molecule has 0 amide bonds. The van der Waals surface area contributed by atoms with Crippen LogP contribution in [0, 0.1) is 6.92 Å². The Kier molecular flexibility index (Phi) is 5.68. The highest BCUT2D eigenvalue weighted by Crippen LogP contribution is 2.24. The number of aryl methyl sites for hydroxylation is 2. The third-order valence-corrected chi connectivity index (χ3v) is 5.91. The molecular weight excluding hydrogens is 414 g/mol. The second kappa shape index (κ2) is 8.57. The Morgan fingerprint density at radius 3 is 2.42 bits per heavy atom. The normalized spacial score (nSPS) is 11.3. The predicted molar refractivity (Wildman–Crippen MR) is 117 cm³/mol. The van der Waals surface area contributed by atoms with Gasteiger partial charge in [-0.2, -0.15) is 10.1 Å². The number of benzene rings is 2. The largest absolute Gasteiger partial charge is 0.439 e. The number of nitrogens with one attached hydrogen (secondary N) is 1. The van der Waals surface area contributed by atoms with Gasteiger partial charge in [0.1, 0.15) is 11.6 Å². The third-order valence-electron chi connectivity index (χ3n) is 4.51. The summed E-state index contributed by atoms with van der Waals surface area (Å²) >= 11 is 0. The molecule has 0 radical (unpaired) electrons. The Hall–Kier alpha value is -3.72. The van der Waals surface area contributed by atoms with Crippen LogP contribution in [-0.2, 0) is 16.4 Å². The van der Waals surface area contributed by atoms with Gasteiger partial charge >= 0.3 is 0 Å². The molecule has 4 aromatic rings. The van der Waals surface area contributed by atoms with Crippen molar-refractivity contribution in [1.29, 1.82) is 0 Å². The molecule has 0 spiro atoms. The van der Waals surface area contributed by atoms with Gasteiger partial charge in [-0.15, -0.1) is 0 Å². The Morgan fingerprint density at radius 2 is 1.77 bits per heavy atom. The molecule has 4 rings (SSSR count). The highest BCUT2D eigenvalue weighted by Gasteiger charge is 2.14. The molecule has 9 heteroatoms. The molecule has 8 nitrogen and oxygen atoms in total. The summed E-state index contributed by atoms with van der Waals surface area (Å²) in [6.07, 6.45) is 4.29. The molecule has 158 valence electrons. The minimum Gasteiger partial charge on any atom is -0.439 e. The van der Waals surface area contributed by atoms with Crippen LogP contribution >= 0.6 is 0 Å². The van der Waals surface area contributed by atoms with Crippen molar-refractivity contribution in [1.82, 2.24) is 19.7 Å². The summed E-state index contributed by atoms with van der Waals surface area (Å²) in [7, 11) is -3.67. The maximum absolute atomic E-state index is 12.6. The number of ether oxygens (including phenoxy) is 1. The van der Waals surface area contributed by atoms with E-state index in [0.29, 0.717) is 29.0 Å². The number of aromatic nitrogens is 4. The number of hydrogen-bond donors (Lipinski definition) is 1. The van der Waals surface area contributed by atoms with Gasteiger partial charge < -0.3 is 4.74 Å². The van der Waals surface area contributed by atoms with Crippen LogP contribution in [0.4, 0.5) is 5.69 Å². The molecule has 2 aromatic carbocycles. The molecule has 2 aromatic heterocycles. The van der Waals surface area contributed by atoms with E-state index in [-0.39, 0.29) is 4.90 Å².